The fourth-order valence-corrected chi connectivity index (χ4v) is 3.29. The molecule has 0 aliphatic carbocycles. The van der Waals surface area contributed by atoms with Gasteiger partial charge < -0.3 is 4.74 Å². The van der Waals surface area contributed by atoms with Gasteiger partial charge in [0, 0.05) is 29.0 Å². The van der Waals surface area contributed by atoms with Crippen molar-refractivity contribution >= 4 is 5.78 Å². The second-order valence-electron chi connectivity index (χ2n) is 7.15. The molecule has 0 spiro atoms. The average molecular weight is 455 g/mol. The molecule has 4 rings (SSSR count). The number of alkyl halides is 5. The van der Waals surface area contributed by atoms with Crippen molar-refractivity contribution in [2.24, 2.45) is 0 Å². The highest BCUT2D eigenvalue weighted by Crippen LogP contribution is 2.56. The number of nitrogens with zero attached hydrogens (tertiary/aromatic N) is 1. The molecule has 2 aromatic carbocycles. The molecule has 1 saturated heterocycles. The number of pyridine rings is 1. The fourth-order valence-electron chi connectivity index (χ4n) is 3.29. The molecule has 3 nitrogen and oxygen atoms in total. The molecule has 2 heterocycles. The molecule has 1 aliphatic rings. The van der Waals surface area contributed by atoms with Gasteiger partial charge in [-0.3, -0.25) is 9.78 Å². The molecule has 1 atom stereocenters. The lowest BCUT2D eigenvalue weighted by molar-refractivity contribution is -0.137. The predicted octanol–water partition coefficient (Wildman–Crippen LogP) is 5.63. The zero-order valence-electron chi connectivity index (χ0n) is 15.9. The van der Waals surface area contributed by atoms with Crippen LogP contribution in [-0.2, 0) is 22.4 Å². The summed E-state index contributed by atoms with van der Waals surface area (Å²) in [6.45, 7) is -0.531. The Bertz CT molecular complexity index is 1170. The largest absolute Gasteiger partial charge is 0.416 e. The standard InChI is InChI=1S/C22H12F7NO2/c23-15-6-7-16(17(24)9-15)20(11-32-20)21(25,26)18-8-3-13(10-30-18)19(31)12-1-4-14(5-2-12)22(27,28)29/h1-10H,11H2. The van der Waals surface area contributed by atoms with Gasteiger partial charge in [-0.1, -0.05) is 12.1 Å². The molecule has 3 aromatic rings. The number of hydrogen-bond acceptors (Lipinski definition) is 3. The zero-order valence-corrected chi connectivity index (χ0v) is 15.9. The van der Waals surface area contributed by atoms with Gasteiger partial charge in [0.05, 0.1) is 12.2 Å². The lowest BCUT2D eigenvalue weighted by Gasteiger charge is -2.24. The predicted molar refractivity (Wildman–Crippen MR) is 97.0 cm³/mol. The number of ketones is 1. The summed E-state index contributed by atoms with van der Waals surface area (Å²) in [6, 6.07) is 7.45. The van der Waals surface area contributed by atoms with E-state index in [9.17, 15) is 26.7 Å². The second-order valence-corrected chi connectivity index (χ2v) is 7.15. The lowest BCUT2D eigenvalue weighted by atomic mass is 9.90. The Labute approximate surface area is 176 Å². The number of carbonyl (C=O) groups is 1. The van der Waals surface area contributed by atoms with Crippen LogP contribution in [0.15, 0.2) is 60.8 Å². The van der Waals surface area contributed by atoms with Crippen LogP contribution in [0.3, 0.4) is 0 Å². The third-order valence-corrected chi connectivity index (χ3v) is 5.13. The minimum Gasteiger partial charge on any atom is -0.357 e. The summed E-state index contributed by atoms with van der Waals surface area (Å²) in [5.74, 6) is -6.67. The number of ether oxygens (including phenoxy) is 1. The number of carbonyl (C=O) groups excluding carboxylic acids is 1. The Kier molecular flexibility index (Phi) is 5.08. The van der Waals surface area contributed by atoms with Crippen molar-refractivity contribution in [2.75, 3.05) is 6.61 Å². The van der Waals surface area contributed by atoms with Crippen LogP contribution in [0.5, 0.6) is 0 Å². The number of halogens is 7. The lowest BCUT2D eigenvalue weighted by Crippen LogP contribution is -2.34. The molecule has 1 aromatic heterocycles. The highest BCUT2D eigenvalue weighted by atomic mass is 19.4. The van der Waals surface area contributed by atoms with Gasteiger partial charge in [0.15, 0.2) is 11.4 Å². The molecule has 0 radical (unpaired) electrons. The zero-order chi connectivity index (χ0) is 23.3. The van der Waals surface area contributed by atoms with E-state index in [0.717, 1.165) is 54.7 Å². The summed E-state index contributed by atoms with van der Waals surface area (Å²) in [7, 11) is 0. The SMILES string of the molecule is O=C(c1ccc(C(F)(F)F)cc1)c1ccc(C(F)(F)C2(c3ccc(F)cc3F)CO2)nc1. The Morgan fingerprint density at radius 1 is 0.906 bits per heavy atom. The Hall–Kier alpha value is -3.27. The molecule has 10 heteroatoms. The highest BCUT2D eigenvalue weighted by molar-refractivity contribution is 6.08. The Balaban J connectivity index is 1.60. The van der Waals surface area contributed by atoms with Gasteiger partial charge in [0.25, 0.3) is 0 Å². The van der Waals surface area contributed by atoms with Gasteiger partial charge in [0.2, 0.25) is 0 Å². The molecular weight excluding hydrogens is 443 g/mol. The van der Waals surface area contributed by atoms with E-state index < -0.39 is 58.5 Å². The normalized spacial score (nSPS) is 18.5. The summed E-state index contributed by atoms with van der Waals surface area (Å²) in [5.41, 5.74) is -4.88. The number of aromatic nitrogens is 1. The van der Waals surface area contributed by atoms with E-state index in [4.69, 9.17) is 4.74 Å². The van der Waals surface area contributed by atoms with Crippen molar-refractivity contribution in [1.82, 2.24) is 4.98 Å². The molecule has 0 amide bonds. The summed E-state index contributed by atoms with van der Waals surface area (Å²) in [6.07, 6.45) is -3.72. The van der Waals surface area contributed by atoms with Crippen LogP contribution >= 0.6 is 0 Å². The molecule has 1 fully saturated rings. The first-order valence-electron chi connectivity index (χ1n) is 9.11. The van der Waals surface area contributed by atoms with Crippen LogP contribution in [0.2, 0.25) is 0 Å². The summed E-state index contributed by atoms with van der Waals surface area (Å²) >= 11 is 0. The molecule has 0 N–H and O–H groups in total. The topological polar surface area (TPSA) is 42.5 Å². The number of rotatable bonds is 5. The molecular formula is C22H12F7NO2. The van der Waals surface area contributed by atoms with Crippen molar-refractivity contribution in [3.63, 3.8) is 0 Å². The van der Waals surface area contributed by atoms with E-state index in [1.807, 2.05) is 0 Å². The van der Waals surface area contributed by atoms with Gasteiger partial charge in [-0.05, 0) is 36.4 Å². The first-order chi connectivity index (χ1) is 15.0. The maximum Gasteiger partial charge on any atom is 0.416 e. The van der Waals surface area contributed by atoms with E-state index in [1.165, 1.54) is 0 Å². The van der Waals surface area contributed by atoms with Crippen LogP contribution in [0.1, 0.15) is 32.7 Å². The third-order valence-electron chi connectivity index (χ3n) is 5.13. The summed E-state index contributed by atoms with van der Waals surface area (Å²) in [5, 5.41) is 0. The van der Waals surface area contributed by atoms with Crippen molar-refractivity contribution in [3.05, 3.63) is 100 Å². The smallest absolute Gasteiger partial charge is 0.357 e. The molecule has 0 bridgehead atoms. The first-order valence-corrected chi connectivity index (χ1v) is 9.11. The van der Waals surface area contributed by atoms with Gasteiger partial charge in [-0.15, -0.1) is 0 Å². The number of benzene rings is 2. The minimum absolute atomic E-state index is 0.0883. The minimum atomic E-state index is -4.57. The van der Waals surface area contributed by atoms with Crippen molar-refractivity contribution in [2.45, 2.75) is 17.7 Å². The van der Waals surface area contributed by atoms with Crippen LogP contribution in [0.25, 0.3) is 0 Å². The highest BCUT2D eigenvalue weighted by Gasteiger charge is 2.68. The second kappa shape index (κ2) is 7.40. The monoisotopic (exact) mass is 455 g/mol. The van der Waals surface area contributed by atoms with Gasteiger partial charge in [-0.2, -0.15) is 22.0 Å². The van der Waals surface area contributed by atoms with Crippen LogP contribution in [0.4, 0.5) is 30.7 Å². The van der Waals surface area contributed by atoms with Gasteiger partial charge >= 0.3 is 12.1 Å². The third kappa shape index (κ3) is 3.64. The van der Waals surface area contributed by atoms with Crippen LogP contribution < -0.4 is 0 Å². The first kappa shape index (κ1) is 21.9. The van der Waals surface area contributed by atoms with E-state index >= 15 is 8.78 Å². The van der Waals surface area contributed by atoms with E-state index in [1.54, 1.807) is 0 Å². The molecule has 0 saturated carbocycles. The number of hydrogen-bond donors (Lipinski definition) is 0. The van der Waals surface area contributed by atoms with E-state index in [0.29, 0.717) is 6.07 Å². The van der Waals surface area contributed by atoms with Crippen LogP contribution in [-0.4, -0.2) is 17.4 Å². The van der Waals surface area contributed by atoms with Gasteiger partial charge in [-0.25, -0.2) is 8.78 Å². The maximum atomic E-state index is 15.1. The average Bonchev–Trinajstić information content (AvgIpc) is 3.55. The summed E-state index contributed by atoms with van der Waals surface area (Å²) < 4.78 is 100. The van der Waals surface area contributed by atoms with Crippen molar-refractivity contribution in [3.8, 4) is 0 Å². The van der Waals surface area contributed by atoms with Crippen molar-refractivity contribution < 1.29 is 40.3 Å². The molecule has 1 aliphatic heterocycles. The summed E-state index contributed by atoms with van der Waals surface area (Å²) in [4.78, 5) is 16.1. The molecule has 166 valence electrons. The molecule has 32 heavy (non-hydrogen) atoms. The molecule has 1 unspecified atom stereocenters. The maximum absolute atomic E-state index is 15.1. The number of epoxide rings is 1. The Morgan fingerprint density at radius 2 is 1.53 bits per heavy atom. The van der Waals surface area contributed by atoms with Crippen molar-refractivity contribution in [1.29, 1.82) is 0 Å². The van der Waals surface area contributed by atoms with E-state index in [-0.39, 0.29) is 11.1 Å². The fraction of sp³-hybridized carbons (Fsp3) is 0.182. The Morgan fingerprint density at radius 3 is 2.03 bits per heavy atom. The quantitative estimate of drug-likeness (QED) is 0.285. The van der Waals surface area contributed by atoms with E-state index in [2.05, 4.69) is 4.98 Å². The van der Waals surface area contributed by atoms with Gasteiger partial charge in [0.1, 0.15) is 17.3 Å². The van der Waals surface area contributed by atoms with Crippen LogP contribution in [0, 0.1) is 11.6 Å².